The van der Waals surface area contributed by atoms with E-state index >= 15 is 0 Å². The topological polar surface area (TPSA) is 72.5 Å². The second-order valence-corrected chi connectivity index (χ2v) is 2.81. The molecule has 0 aliphatic heterocycles. The molecule has 0 fully saturated rings. The van der Waals surface area contributed by atoms with Crippen LogP contribution in [0.25, 0.3) is 10.4 Å². The van der Waals surface area contributed by atoms with Crippen molar-refractivity contribution in [3.63, 3.8) is 0 Å². The van der Waals surface area contributed by atoms with Crippen molar-refractivity contribution in [1.29, 1.82) is 5.26 Å². The van der Waals surface area contributed by atoms with E-state index in [4.69, 9.17) is 10.8 Å². The van der Waals surface area contributed by atoms with E-state index in [2.05, 4.69) is 21.9 Å². The zero-order valence-corrected chi connectivity index (χ0v) is 8.31. The summed E-state index contributed by atoms with van der Waals surface area (Å²) in [7, 11) is 0. The highest BCUT2D eigenvalue weighted by Crippen LogP contribution is 2.08. The van der Waals surface area contributed by atoms with Gasteiger partial charge in [-0.3, -0.25) is 0 Å². The number of hydrogen-bond acceptors (Lipinski definition) is 2. The molecule has 0 amide bonds. The SMILES string of the molecule is N#Cc1ccc(C#CCCN=[N+]=[N-])cc1F. The third-order valence-electron chi connectivity index (χ3n) is 1.72. The molecule has 0 aliphatic carbocycles. The Hall–Kier alpha value is -2.49. The molecule has 5 heteroatoms. The highest BCUT2D eigenvalue weighted by molar-refractivity contribution is 5.40. The van der Waals surface area contributed by atoms with Gasteiger partial charge in [0.15, 0.2) is 0 Å². The zero-order chi connectivity index (χ0) is 11.8. The predicted octanol–water partition coefficient (Wildman–Crippen LogP) is 2.75. The van der Waals surface area contributed by atoms with Gasteiger partial charge < -0.3 is 0 Å². The summed E-state index contributed by atoms with van der Waals surface area (Å²) in [6.45, 7) is 0.294. The first-order valence-electron chi connectivity index (χ1n) is 4.47. The predicted molar refractivity (Wildman–Crippen MR) is 56.6 cm³/mol. The number of azide groups is 1. The minimum absolute atomic E-state index is 0.000342. The normalized spacial score (nSPS) is 8.25. The van der Waals surface area contributed by atoms with E-state index in [1.807, 2.05) is 0 Å². The molecule has 0 saturated heterocycles. The monoisotopic (exact) mass is 214 g/mol. The second-order valence-electron chi connectivity index (χ2n) is 2.81. The van der Waals surface area contributed by atoms with Crippen LogP contribution in [-0.2, 0) is 0 Å². The quantitative estimate of drug-likeness (QED) is 0.245. The van der Waals surface area contributed by atoms with Gasteiger partial charge in [0.2, 0.25) is 0 Å². The van der Waals surface area contributed by atoms with E-state index in [9.17, 15) is 4.39 Å². The van der Waals surface area contributed by atoms with Gasteiger partial charge in [0.1, 0.15) is 11.9 Å². The van der Waals surface area contributed by atoms with Gasteiger partial charge in [-0.2, -0.15) is 5.26 Å². The number of nitrogens with zero attached hydrogens (tertiary/aromatic N) is 4. The number of rotatable bonds is 2. The van der Waals surface area contributed by atoms with E-state index in [-0.39, 0.29) is 5.56 Å². The first-order chi connectivity index (χ1) is 7.77. The Balaban J connectivity index is 2.72. The maximum Gasteiger partial charge on any atom is 0.142 e. The van der Waals surface area contributed by atoms with Crippen LogP contribution in [0.1, 0.15) is 17.5 Å². The minimum atomic E-state index is -0.579. The summed E-state index contributed by atoms with van der Waals surface area (Å²) in [6, 6.07) is 5.89. The third-order valence-corrected chi connectivity index (χ3v) is 1.72. The van der Waals surface area contributed by atoms with Crippen molar-refractivity contribution in [3.8, 4) is 17.9 Å². The van der Waals surface area contributed by atoms with Gasteiger partial charge >= 0.3 is 0 Å². The lowest BCUT2D eigenvalue weighted by atomic mass is 10.1. The summed E-state index contributed by atoms with van der Waals surface area (Å²) in [5.74, 6) is 4.87. The summed E-state index contributed by atoms with van der Waals surface area (Å²) >= 11 is 0. The fraction of sp³-hybridized carbons (Fsp3) is 0.182. The Kier molecular flexibility index (Phi) is 4.40. The molecule has 0 heterocycles. The molecule has 4 nitrogen and oxygen atoms in total. The van der Waals surface area contributed by atoms with Crippen molar-refractivity contribution in [3.05, 3.63) is 45.6 Å². The van der Waals surface area contributed by atoms with Gasteiger partial charge in [-0.05, 0) is 23.7 Å². The third kappa shape index (κ3) is 3.34. The van der Waals surface area contributed by atoms with Crippen molar-refractivity contribution >= 4 is 0 Å². The molecular formula is C11H7FN4. The van der Waals surface area contributed by atoms with Crippen LogP contribution in [0.15, 0.2) is 23.3 Å². The molecule has 0 aromatic heterocycles. The molecule has 0 unspecified atom stereocenters. The molecule has 0 spiro atoms. The van der Waals surface area contributed by atoms with Crippen LogP contribution in [0.4, 0.5) is 4.39 Å². The Morgan fingerprint density at radius 2 is 2.31 bits per heavy atom. The lowest BCUT2D eigenvalue weighted by Gasteiger charge is -1.93. The Morgan fingerprint density at radius 1 is 1.50 bits per heavy atom. The number of hydrogen-bond donors (Lipinski definition) is 0. The average Bonchev–Trinajstić information content (AvgIpc) is 2.29. The molecule has 78 valence electrons. The molecule has 1 aromatic carbocycles. The largest absolute Gasteiger partial charge is 0.206 e. The molecule has 0 saturated carbocycles. The molecule has 16 heavy (non-hydrogen) atoms. The molecule has 1 aromatic rings. The Labute approximate surface area is 91.9 Å². The van der Waals surface area contributed by atoms with E-state index < -0.39 is 5.82 Å². The summed E-state index contributed by atoms with van der Waals surface area (Å²) in [4.78, 5) is 2.58. The maximum atomic E-state index is 13.1. The first kappa shape index (κ1) is 11.6. The standard InChI is InChI=1S/C11H7FN4/c12-11-7-9(4-5-10(11)8-13)3-1-2-6-15-16-14/h4-5,7H,2,6H2. The summed E-state index contributed by atoms with van der Waals surface area (Å²) in [5, 5.41) is 11.8. The molecule has 0 atom stereocenters. The van der Waals surface area contributed by atoms with Crippen LogP contribution in [-0.4, -0.2) is 6.54 Å². The van der Waals surface area contributed by atoms with Crippen LogP contribution in [0.5, 0.6) is 0 Å². The summed E-state index contributed by atoms with van der Waals surface area (Å²) in [6.07, 6.45) is 0.422. The highest BCUT2D eigenvalue weighted by Gasteiger charge is 2.00. The van der Waals surface area contributed by atoms with E-state index in [0.29, 0.717) is 18.5 Å². The maximum absolute atomic E-state index is 13.1. The van der Waals surface area contributed by atoms with Crippen LogP contribution in [0.2, 0.25) is 0 Å². The fourth-order valence-electron chi connectivity index (χ4n) is 0.999. The zero-order valence-electron chi connectivity index (χ0n) is 8.31. The molecule has 0 bridgehead atoms. The lowest BCUT2D eigenvalue weighted by molar-refractivity contribution is 0.623. The van der Waals surface area contributed by atoms with Crippen LogP contribution < -0.4 is 0 Å². The van der Waals surface area contributed by atoms with Gasteiger partial charge in [-0.1, -0.05) is 17.0 Å². The second kappa shape index (κ2) is 6.08. The highest BCUT2D eigenvalue weighted by atomic mass is 19.1. The number of benzene rings is 1. The smallest absolute Gasteiger partial charge is 0.142 e. The first-order valence-corrected chi connectivity index (χ1v) is 4.47. The van der Waals surface area contributed by atoms with Crippen LogP contribution >= 0.6 is 0 Å². The molecular weight excluding hydrogens is 207 g/mol. The average molecular weight is 214 g/mol. The van der Waals surface area contributed by atoms with Gasteiger partial charge in [0.05, 0.1) is 5.56 Å². The van der Waals surface area contributed by atoms with E-state index in [1.54, 1.807) is 12.1 Å². The summed E-state index contributed by atoms with van der Waals surface area (Å²) < 4.78 is 13.1. The Bertz CT molecular complexity index is 527. The summed E-state index contributed by atoms with van der Waals surface area (Å²) in [5.41, 5.74) is 8.50. The van der Waals surface area contributed by atoms with Crippen LogP contribution in [0, 0.1) is 29.0 Å². The van der Waals surface area contributed by atoms with Crippen molar-refractivity contribution in [2.24, 2.45) is 5.11 Å². The molecule has 0 aliphatic rings. The fourth-order valence-corrected chi connectivity index (χ4v) is 0.999. The van der Waals surface area contributed by atoms with E-state index in [1.165, 1.54) is 12.1 Å². The van der Waals surface area contributed by atoms with Gasteiger partial charge in [-0.25, -0.2) is 4.39 Å². The van der Waals surface area contributed by atoms with Gasteiger partial charge in [0.25, 0.3) is 0 Å². The van der Waals surface area contributed by atoms with Gasteiger partial charge in [0, 0.05) is 23.4 Å². The molecule has 0 radical (unpaired) electrons. The molecule has 0 N–H and O–H groups in total. The van der Waals surface area contributed by atoms with Crippen molar-refractivity contribution in [2.75, 3.05) is 6.54 Å². The lowest BCUT2D eigenvalue weighted by Crippen LogP contribution is -1.85. The van der Waals surface area contributed by atoms with Crippen molar-refractivity contribution in [1.82, 2.24) is 0 Å². The molecule has 1 rings (SSSR count). The number of nitriles is 1. The van der Waals surface area contributed by atoms with Gasteiger partial charge in [-0.15, -0.1) is 0 Å². The van der Waals surface area contributed by atoms with Crippen molar-refractivity contribution < 1.29 is 4.39 Å². The number of halogens is 1. The van der Waals surface area contributed by atoms with Crippen LogP contribution in [0.3, 0.4) is 0 Å². The Morgan fingerprint density at radius 3 is 2.94 bits per heavy atom. The van der Waals surface area contributed by atoms with E-state index in [0.717, 1.165) is 0 Å². The minimum Gasteiger partial charge on any atom is -0.206 e. The van der Waals surface area contributed by atoms with Crippen molar-refractivity contribution in [2.45, 2.75) is 6.42 Å².